The molecule has 0 bridgehead atoms. The van der Waals surface area contributed by atoms with Crippen molar-refractivity contribution >= 4 is 10.0 Å². The molecule has 1 N–H and O–H groups in total. The van der Waals surface area contributed by atoms with Crippen molar-refractivity contribution in [2.45, 2.75) is 38.1 Å². The summed E-state index contributed by atoms with van der Waals surface area (Å²) in [6.07, 6.45) is 0. The van der Waals surface area contributed by atoms with Crippen molar-refractivity contribution in [3.8, 4) is 0 Å². The van der Waals surface area contributed by atoms with Crippen LogP contribution < -0.4 is 0 Å². The Bertz CT molecular complexity index is 515. The number of hydrogen-bond acceptors (Lipinski definition) is 3. The molecule has 18 heavy (non-hydrogen) atoms. The summed E-state index contributed by atoms with van der Waals surface area (Å²) in [5.41, 5.74) is 0.990. The number of nitrogens with zero attached hydrogens (tertiary/aromatic N) is 1. The first-order valence-electron chi connectivity index (χ1n) is 5.79. The molecule has 102 valence electrons. The summed E-state index contributed by atoms with van der Waals surface area (Å²) in [6.45, 7) is 6.88. The quantitative estimate of drug-likeness (QED) is 0.906. The van der Waals surface area contributed by atoms with Gasteiger partial charge in [0, 0.05) is 7.05 Å². The minimum atomic E-state index is -3.58. The highest BCUT2D eigenvalue weighted by atomic mass is 32.2. The Morgan fingerprint density at radius 2 is 1.61 bits per heavy atom. The summed E-state index contributed by atoms with van der Waals surface area (Å²) in [5, 5.41) is 9.28. The Morgan fingerprint density at radius 3 is 2.00 bits per heavy atom. The van der Waals surface area contributed by atoms with Crippen LogP contribution in [-0.2, 0) is 10.0 Å². The second kappa shape index (κ2) is 4.99. The third-order valence-electron chi connectivity index (χ3n) is 3.09. The molecule has 0 spiro atoms. The van der Waals surface area contributed by atoms with Gasteiger partial charge in [0.2, 0.25) is 10.0 Å². The molecule has 0 aliphatic heterocycles. The summed E-state index contributed by atoms with van der Waals surface area (Å²) in [4.78, 5) is 0.268. The Labute approximate surface area is 109 Å². The predicted molar refractivity (Wildman–Crippen MR) is 72.0 cm³/mol. The van der Waals surface area contributed by atoms with Gasteiger partial charge in [-0.3, -0.25) is 0 Å². The first-order valence-corrected chi connectivity index (χ1v) is 7.23. The number of aliphatic hydroxyl groups is 1. The van der Waals surface area contributed by atoms with Gasteiger partial charge in [0.25, 0.3) is 0 Å². The summed E-state index contributed by atoms with van der Waals surface area (Å²) in [7, 11) is -2.09. The van der Waals surface area contributed by atoms with E-state index in [-0.39, 0.29) is 11.5 Å². The van der Waals surface area contributed by atoms with Crippen LogP contribution in [0.5, 0.6) is 0 Å². The second-order valence-corrected chi connectivity index (χ2v) is 7.24. The lowest BCUT2D eigenvalue weighted by Crippen LogP contribution is -2.47. The average molecular weight is 271 g/mol. The van der Waals surface area contributed by atoms with E-state index < -0.39 is 15.6 Å². The normalized spacial score (nSPS) is 13.1. The van der Waals surface area contributed by atoms with Gasteiger partial charge in [-0.15, -0.1) is 0 Å². The second-order valence-electron chi connectivity index (χ2n) is 5.27. The molecule has 0 aliphatic carbocycles. The molecule has 1 aromatic rings. The summed E-state index contributed by atoms with van der Waals surface area (Å²) >= 11 is 0. The van der Waals surface area contributed by atoms with Gasteiger partial charge in [0.15, 0.2) is 0 Å². The van der Waals surface area contributed by atoms with Crippen LogP contribution >= 0.6 is 0 Å². The summed E-state index contributed by atoms with van der Waals surface area (Å²) < 4.78 is 26.1. The fourth-order valence-electron chi connectivity index (χ4n) is 1.66. The van der Waals surface area contributed by atoms with Crippen LogP contribution in [0.3, 0.4) is 0 Å². The van der Waals surface area contributed by atoms with Gasteiger partial charge < -0.3 is 5.11 Å². The average Bonchev–Trinajstić information content (AvgIpc) is 2.26. The number of benzene rings is 1. The number of sulfonamides is 1. The lowest BCUT2D eigenvalue weighted by molar-refractivity contribution is 0.138. The molecule has 0 unspecified atom stereocenters. The summed E-state index contributed by atoms with van der Waals surface area (Å²) in [5.74, 6) is 0. The number of aryl methyl sites for hydroxylation is 2. The van der Waals surface area contributed by atoms with E-state index in [1.807, 2.05) is 19.9 Å². The van der Waals surface area contributed by atoms with E-state index in [1.54, 1.807) is 26.0 Å². The molecule has 4 nitrogen and oxygen atoms in total. The number of rotatable bonds is 4. The Morgan fingerprint density at radius 1 is 1.17 bits per heavy atom. The minimum absolute atomic E-state index is 0.229. The third-order valence-corrected chi connectivity index (χ3v) is 5.14. The van der Waals surface area contributed by atoms with Crippen molar-refractivity contribution < 1.29 is 13.5 Å². The molecule has 0 saturated carbocycles. The zero-order chi connectivity index (χ0) is 14.1. The molecule has 0 radical (unpaired) electrons. The number of aliphatic hydroxyl groups excluding tert-OH is 1. The first-order chi connectivity index (χ1) is 8.11. The van der Waals surface area contributed by atoms with Crippen LogP contribution in [0.4, 0.5) is 0 Å². The van der Waals surface area contributed by atoms with E-state index in [0.29, 0.717) is 0 Å². The molecule has 0 aliphatic rings. The predicted octanol–water partition coefficient (Wildman–Crippen LogP) is 1.69. The van der Waals surface area contributed by atoms with Crippen molar-refractivity contribution in [1.82, 2.24) is 4.31 Å². The minimum Gasteiger partial charge on any atom is -0.394 e. The molecule has 0 aromatic heterocycles. The zero-order valence-electron chi connectivity index (χ0n) is 11.6. The monoisotopic (exact) mass is 271 g/mol. The van der Waals surface area contributed by atoms with Crippen LogP contribution in [0.2, 0.25) is 0 Å². The van der Waals surface area contributed by atoms with Crippen molar-refractivity contribution in [3.63, 3.8) is 0 Å². The standard InChI is InChI=1S/C13H21NO3S/c1-10-6-11(2)8-12(7-10)18(16,17)14(5)13(3,4)9-15/h6-8,15H,9H2,1-5H3. The van der Waals surface area contributed by atoms with Gasteiger partial charge in [0.05, 0.1) is 17.0 Å². The van der Waals surface area contributed by atoms with E-state index in [9.17, 15) is 13.5 Å². The van der Waals surface area contributed by atoms with Gasteiger partial charge in [-0.25, -0.2) is 8.42 Å². The smallest absolute Gasteiger partial charge is 0.243 e. The van der Waals surface area contributed by atoms with Gasteiger partial charge in [-0.2, -0.15) is 4.31 Å². The number of likely N-dealkylation sites (N-methyl/N-ethyl adjacent to an activating group) is 1. The van der Waals surface area contributed by atoms with E-state index in [1.165, 1.54) is 11.4 Å². The van der Waals surface area contributed by atoms with Gasteiger partial charge in [-0.1, -0.05) is 6.07 Å². The molecule has 5 heteroatoms. The Hall–Kier alpha value is -0.910. The number of hydrogen-bond donors (Lipinski definition) is 1. The van der Waals surface area contributed by atoms with Crippen LogP contribution in [0.25, 0.3) is 0 Å². The fraction of sp³-hybridized carbons (Fsp3) is 0.538. The Balaban J connectivity index is 3.30. The van der Waals surface area contributed by atoms with E-state index in [4.69, 9.17) is 0 Å². The van der Waals surface area contributed by atoms with Crippen LogP contribution in [-0.4, -0.2) is 37.0 Å². The maximum absolute atomic E-state index is 12.5. The highest BCUT2D eigenvalue weighted by molar-refractivity contribution is 7.89. The molecule has 1 aromatic carbocycles. The molecule has 0 amide bonds. The van der Waals surface area contributed by atoms with Crippen LogP contribution in [0, 0.1) is 13.8 Å². The maximum atomic E-state index is 12.5. The van der Waals surface area contributed by atoms with Crippen LogP contribution in [0.15, 0.2) is 23.1 Å². The largest absolute Gasteiger partial charge is 0.394 e. The van der Waals surface area contributed by atoms with Crippen molar-refractivity contribution in [2.24, 2.45) is 0 Å². The third kappa shape index (κ3) is 2.91. The lowest BCUT2D eigenvalue weighted by atomic mass is 10.1. The van der Waals surface area contributed by atoms with Gasteiger partial charge in [0.1, 0.15) is 0 Å². The van der Waals surface area contributed by atoms with Crippen molar-refractivity contribution in [1.29, 1.82) is 0 Å². The molecule has 0 heterocycles. The zero-order valence-corrected chi connectivity index (χ0v) is 12.4. The van der Waals surface area contributed by atoms with Crippen molar-refractivity contribution in [3.05, 3.63) is 29.3 Å². The molecule has 0 fully saturated rings. The fourth-order valence-corrected chi connectivity index (χ4v) is 3.36. The van der Waals surface area contributed by atoms with Gasteiger partial charge in [-0.05, 0) is 51.0 Å². The molecule has 0 atom stereocenters. The lowest BCUT2D eigenvalue weighted by Gasteiger charge is -2.32. The first kappa shape index (κ1) is 15.1. The van der Waals surface area contributed by atoms with E-state index in [2.05, 4.69) is 0 Å². The molecular formula is C13H21NO3S. The molecular weight excluding hydrogens is 250 g/mol. The maximum Gasteiger partial charge on any atom is 0.243 e. The highest BCUT2D eigenvalue weighted by Gasteiger charge is 2.33. The SMILES string of the molecule is Cc1cc(C)cc(S(=O)(=O)N(C)C(C)(C)CO)c1. The summed E-state index contributed by atoms with van der Waals surface area (Å²) in [6, 6.07) is 5.22. The van der Waals surface area contributed by atoms with Crippen molar-refractivity contribution in [2.75, 3.05) is 13.7 Å². The molecule has 0 saturated heterocycles. The van der Waals surface area contributed by atoms with Gasteiger partial charge >= 0.3 is 0 Å². The Kier molecular flexibility index (Phi) is 4.20. The van der Waals surface area contributed by atoms with Crippen LogP contribution in [0.1, 0.15) is 25.0 Å². The van der Waals surface area contributed by atoms with E-state index >= 15 is 0 Å². The highest BCUT2D eigenvalue weighted by Crippen LogP contribution is 2.24. The topological polar surface area (TPSA) is 57.6 Å². The van der Waals surface area contributed by atoms with E-state index in [0.717, 1.165) is 11.1 Å². The molecule has 1 rings (SSSR count).